The second-order valence-electron chi connectivity index (χ2n) is 18.2. The van der Waals surface area contributed by atoms with Crippen LogP contribution in [0.25, 0.3) is 32.8 Å². The molecule has 4 aliphatic rings. The van der Waals surface area contributed by atoms with Gasteiger partial charge in [-0.1, -0.05) is 60.1 Å². The van der Waals surface area contributed by atoms with Gasteiger partial charge in [0.15, 0.2) is 6.61 Å². The third-order valence-electron chi connectivity index (χ3n) is 14.2. The number of aryl methyl sites for hydroxylation is 3. The largest absolute Gasteiger partial charge is 0.493 e. The Morgan fingerprint density at radius 3 is 2.29 bits per heavy atom. The summed E-state index contributed by atoms with van der Waals surface area (Å²) < 4.78 is 16.0. The number of nitrogens with one attached hydrogen (secondary N) is 1. The molecule has 6 aromatic rings. The molecule has 3 fully saturated rings. The highest BCUT2D eigenvalue weighted by Crippen LogP contribution is 2.43. The van der Waals surface area contributed by atoms with Crippen molar-refractivity contribution in [2.24, 2.45) is 18.9 Å². The van der Waals surface area contributed by atoms with E-state index in [1.807, 2.05) is 84.7 Å². The molecule has 2 unspecified atom stereocenters. The third kappa shape index (κ3) is 7.84. The minimum Gasteiger partial charge on any atom is -0.493 e. The van der Waals surface area contributed by atoms with Crippen LogP contribution in [-0.2, 0) is 34.4 Å². The van der Waals surface area contributed by atoms with Crippen molar-refractivity contribution < 1.29 is 43.3 Å². The van der Waals surface area contributed by atoms with Crippen molar-refractivity contribution in [2.45, 2.75) is 52.1 Å². The number of likely N-dealkylation sites (tertiary alicyclic amines) is 2. The molecule has 2 aromatic heterocycles. The molecule has 17 heteroatoms. The lowest BCUT2D eigenvalue weighted by atomic mass is 9.98. The molecule has 2 N–H and O–H groups in total. The zero-order valence-corrected chi connectivity index (χ0v) is 38.7. The first-order valence-electron chi connectivity index (χ1n) is 22.9. The molecule has 0 spiro atoms. The molecule has 0 radical (unpaired) electrons. The summed E-state index contributed by atoms with van der Waals surface area (Å²) in [7, 11) is 1.88. The molecule has 0 aliphatic carbocycles. The number of carboxylic acid groups (broad SMARTS) is 1. The average Bonchev–Trinajstić information content (AvgIpc) is 4.10. The van der Waals surface area contributed by atoms with Crippen LogP contribution in [0.3, 0.4) is 0 Å². The zero-order valence-electron chi connectivity index (χ0n) is 37.9. The molecule has 3 saturated heterocycles. The monoisotopic (exact) mass is 939 g/mol. The minimum absolute atomic E-state index is 0.00164. The SMILES string of the molecule is Cc1nn(C)c(C)c1-c1c(Cl)ccc2c(CCCOc3cccc4ccccc34)c(C(=O)O)n(CCN3CC4CN(C(=O)COc5cccc6c5C(=O)N(C5CCC(=O)NC5=O)C6=O)C[C@H]4C3)c12. The first kappa shape index (κ1) is 44.8. The van der Waals surface area contributed by atoms with E-state index in [4.69, 9.17) is 26.2 Å². The van der Waals surface area contributed by atoms with E-state index in [9.17, 15) is 33.9 Å². The number of benzene rings is 4. The number of carboxylic acids is 1. The van der Waals surface area contributed by atoms with Crippen molar-refractivity contribution >= 4 is 68.8 Å². The fourth-order valence-corrected chi connectivity index (χ4v) is 11.1. The molecule has 4 aliphatic heterocycles. The number of nitrogens with zero attached hydrogens (tertiary/aromatic N) is 6. The summed E-state index contributed by atoms with van der Waals surface area (Å²) in [5.41, 5.74) is 5.11. The number of aromatic nitrogens is 3. The van der Waals surface area contributed by atoms with Gasteiger partial charge in [0.2, 0.25) is 11.8 Å². The predicted octanol–water partition coefficient (Wildman–Crippen LogP) is 6.05. The molecule has 5 amide bonds. The van der Waals surface area contributed by atoms with Crippen LogP contribution in [0.2, 0.25) is 5.02 Å². The normalized spacial score (nSPS) is 19.3. The molecule has 68 heavy (non-hydrogen) atoms. The van der Waals surface area contributed by atoms with Gasteiger partial charge in [-0.3, -0.25) is 38.9 Å². The van der Waals surface area contributed by atoms with E-state index in [2.05, 4.69) is 10.2 Å². The molecule has 6 heterocycles. The second kappa shape index (κ2) is 17.9. The summed E-state index contributed by atoms with van der Waals surface area (Å²) in [6, 6.07) is 21.2. The number of carbonyl (C=O) groups excluding carboxylic acids is 5. The van der Waals surface area contributed by atoms with Crippen LogP contribution in [0.5, 0.6) is 11.5 Å². The molecule has 0 bridgehead atoms. The molecule has 10 rings (SSSR count). The van der Waals surface area contributed by atoms with Gasteiger partial charge in [0, 0.05) is 80.3 Å². The Labute approximate surface area is 396 Å². The van der Waals surface area contributed by atoms with E-state index >= 15 is 0 Å². The van der Waals surface area contributed by atoms with E-state index < -0.39 is 35.6 Å². The number of piperidine rings is 1. The van der Waals surface area contributed by atoms with E-state index in [1.165, 1.54) is 12.1 Å². The van der Waals surface area contributed by atoms with E-state index in [1.54, 1.807) is 11.0 Å². The maximum atomic E-state index is 13.6. The number of rotatable bonds is 14. The lowest BCUT2D eigenvalue weighted by Crippen LogP contribution is -2.54. The molecule has 0 saturated carbocycles. The fraction of sp³-hybridized carbons (Fsp3) is 0.353. The number of aromatic carboxylic acids is 1. The van der Waals surface area contributed by atoms with Crippen molar-refractivity contribution in [3.63, 3.8) is 0 Å². The second-order valence-corrected chi connectivity index (χ2v) is 18.6. The van der Waals surface area contributed by atoms with Crippen LogP contribution in [0, 0.1) is 25.7 Å². The number of hydrogen-bond donors (Lipinski definition) is 2. The Morgan fingerprint density at radius 2 is 1.56 bits per heavy atom. The van der Waals surface area contributed by atoms with Gasteiger partial charge in [-0.05, 0) is 80.2 Å². The summed E-state index contributed by atoms with van der Waals surface area (Å²) in [6.07, 6.45) is 1.07. The lowest BCUT2D eigenvalue weighted by Gasteiger charge is -2.27. The molecule has 3 atom stereocenters. The Kier molecular flexibility index (Phi) is 11.8. The maximum absolute atomic E-state index is 13.6. The number of imide groups is 2. The summed E-state index contributed by atoms with van der Waals surface area (Å²) in [6.45, 7) is 7.35. The Morgan fingerprint density at radius 1 is 0.824 bits per heavy atom. The molecular formula is C51H50ClN7O9. The number of amides is 5. The van der Waals surface area contributed by atoms with Gasteiger partial charge in [0.05, 0.1) is 34.0 Å². The summed E-state index contributed by atoms with van der Waals surface area (Å²) in [4.78, 5) is 83.2. The van der Waals surface area contributed by atoms with Crippen LogP contribution in [0.15, 0.2) is 72.8 Å². The Hall–Kier alpha value is -7.04. The molecule has 4 aromatic carbocycles. The standard InChI is InChI=1S/C51H50ClN7O9/c1-28-43(29(2)55(3)54-28)45-37(52)17-16-35-34(13-8-22-67-39-14-6-10-30-9-4-5-11-33(30)39)47(51(65)66)58(46(35)45)21-20-56-23-31-25-57(26-32(31)24-56)42(61)27-68-40-15-7-12-36-44(40)50(64)59(49(36)63)38-18-19-41(60)53-48(38)62/h4-7,9-12,14-17,31-32,38H,8,13,18-27H2,1-3H3,(H,65,66)(H,53,60,62)/t31-,32?,38?/m1/s1. The minimum atomic E-state index is -1.12. The Balaban J connectivity index is 0.832. The van der Waals surface area contributed by atoms with Crippen molar-refractivity contribution in [1.29, 1.82) is 0 Å². The Bertz CT molecular complexity index is 3090. The first-order chi connectivity index (χ1) is 32.8. The lowest BCUT2D eigenvalue weighted by molar-refractivity contribution is -0.136. The summed E-state index contributed by atoms with van der Waals surface area (Å²) >= 11 is 7.09. The van der Waals surface area contributed by atoms with Crippen LogP contribution >= 0.6 is 11.6 Å². The van der Waals surface area contributed by atoms with Crippen molar-refractivity contribution in [3.05, 3.63) is 112 Å². The smallest absolute Gasteiger partial charge is 0.352 e. The maximum Gasteiger partial charge on any atom is 0.352 e. The molecule has 16 nitrogen and oxygen atoms in total. The van der Waals surface area contributed by atoms with Crippen molar-refractivity contribution in [3.8, 4) is 22.6 Å². The third-order valence-corrected chi connectivity index (χ3v) is 14.5. The van der Waals surface area contributed by atoms with Gasteiger partial charge in [0.25, 0.3) is 17.7 Å². The van der Waals surface area contributed by atoms with E-state index in [0.29, 0.717) is 63.7 Å². The zero-order chi connectivity index (χ0) is 47.5. The number of carbonyl (C=O) groups is 6. The van der Waals surface area contributed by atoms with Gasteiger partial charge in [-0.2, -0.15) is 5.10 Å². The highest BCUT2D eigenvalue weighted by Gasteiger charge is 2.47. The number of halogens is 1. The highest BCUT2D eigenvalue weighted by atomic mass is 35.5. The van der Waals surface area contributed by atoms with Gasteiger partial charge < -0.3 is 28.9 Å². The topological polar surface area (TPSA) is 186 Å². The quantitative estimate of drug-likeness (QED) is 0.0958. The molecular weight excluding hydrogens is 890 g/mol. The van der Waals surface area contributed by atoms with Crippen molar-refractivity contribution in [1.82, 2.24) is 34.4 Å². The van der Waals surface area contributed by atoms with E-state index in [0.717, 1.165) is 60.4 Å². The van der Waals surface area contributed by atoms with E-state index in [-0.39, 0.29) is 59.8 Å². The van der Waals surface area contributed by atoms with Crippen LogP contribution in [0.1, 0.15) is 67.4 Å². The van der Waals surface area contributed by atoms with Gasteiger partial charge in [-0.15, -0.1) is 0 Å². The van der Waals surface area contributed by atoms with Gasteiger partial charge in [-0.25, -0.2) is 4.79 Å². The summed E-state index contributed by atoms with van der Waals surface area (Å²) in [5.74, 6) is -2.59. The number of ether oxygens (including phenoxy) is 2. The number of hydrogen-bond acceptors (Lipinski definition) is 10. The van der Waals surface area contributed by atoms with Crippen LogP contribution < -0.4 is 14.8 Å². The fourth-order valence-electron chi connectivity index (χ4n) is 10.9. The number of fused-ring (bicyclic) bond motifs is 4. The van der Waals surface area contributed by atoms with Crippen LogP contribution in [-0.4, -0.2) is 122 Å². The van der Waals surface area contributed by atoms with Gasteiger partial charge >= 0.3 is 5.97 Å². The average molecular weight is 940 g/mol. The summed E-state index contributed by atoms with van der Waals surface area (Å²) in [5, 5.41) is 21.3. The van der Waals surface area contributed by atoms with Crippen molar-refractivity contribution in [2.75, 3.05) is 45.9 Å². The van der Waals surface area contributed by atoms with Gasteiger partial charge in [0.1, 0.15) is 23.2 Å². The highest BCUT2D eigenvalue weighted by molar-refractivity contribution is 6.35. The predicted molar refractivity (Wildman–Crippen MR) is 252 cm³/mol. The molecule has 350 valence electrons. The van der Waals surface area contributed by atoms with Crippen LogP contribution in [0.4, 0.5) is 0 Å². The first-order valence-corrected chi connectivity index (χ1v) is 23.3.